The highest BCUT2D eigenvalue weighted by Gasteiger charge is 2.17. The molecule has 0 bridgehead atoms. The number of aryl methyl sites for hydroxylation is 1. The van der Waals surface area contributed by atoms with Gasteiger partial charge in [-0.15, -0.1) is 0 Å². The van der Waals surface area contributed by atoms with Crippen molar-refractivity contribution in [1.29, 1.82) is 0 Å². The minimum absolute atomic E-state index is 0.0612. The van der Waals surface area contributed by atoms with Crippen molar-refractivity contribution < 1.29 is 10.0 Å². The SMILES string of the molecule is Cc1nc([N+](=O)[O-])cn1C(C)CO. The Kier molecular flexibility index (Phi) is 2.62. The lowest BCUT2D eigenvalue weighted by atomic mass is 10.3. The van der Waals surface area contributed by atoms with E-state index in [1.54, 1.807) is 18.4 Å². The van der Waals surface area contributed by atoms with Gasteiger partial charge >= 0.3 is 5.82 Å². The van der Waals surface area contributed by atoms with E-state index in [1.165, 1.54) is 6.20 Å². The monoisotopic (exact) mass is 185 g/mol. The lowest BCUT2D eigenvalue weighted by Crippen LogP contribution is -2.09. The molecule has 1 heterocycles. The molecule has 1 aromatic rings. The maximum atomic E-state index is 10.3. The molecule has 72 valence electrons. The van der Waals surface area contributed by atoms with Crippen LogP contribution >= 0.6 is 0 Å². The normalized spacial score (nSPS) is 12.8. The van der Waals surface area contributed by atoms with Gasteiger partial charge in [0, 0.05) is 6.92 Å². The predicted octanol–water partition coefficient (Wildman–Crippen LogP) is 0.653. The van der Waals surface area contributed by atoms with Gasteiger partial charge in [0.25, 0.3) is 0 Å². The number of aliphatic hydroxyl groups is 1. The van der Waals surface area contributed by atoms with Gasteiger partial charge in [0.1, 0.15) is 6.20 Å². The maximum absolute atomic E-state index is 10.3. The molecule has 1 unspecified atom stereocenters. The Morgan fingerprint density at radius 3 is 2.85 bits per heavy atom. The van der Waals surface area contributed by atoms with Crippen molar-refractivity contribution in [2.45, 2.75) is 19.9 Å². The lowest BCUT2D eigenvalue weighted by molar-refractivity contribution is -0.389. The molecular weight excluding hydrogens is 174 g/mol. The van der Waals surface area contributed by atoms with Gasteiger partial charge in [-0.3, -0.25) is 0 Å². The fraction of sp³-hybridized carbons (Fsp3) is 0.571. The first-order valence-electron chi connectivity index (χ1n) is 3.87. The highest BCUT2D eigenvalue weighted by Crippen LogP contribution is 2.15. The highest BCUT2D eigenvalue weighted by atomic mass is 16.6. The van der Waals surface area contributed by atoms with Crippen molar-refractivity contribution >= 4 is 5.82 Å². The largest absolute Gasteiger partial charge is 0.394 e. The summed E-state index contributed by atoms with van der Waals surface area (Å²) in [7, 11) is 0. The lowest BCUT2D eigenvalue weighted by Gasteiger charge is -2.08. The molecule has 0 spiro atoms. The van der Waals surface area contributed by atoms with Crippen LogP contribution in [0.5, 0.6) is 0 Å². The molecule has 13 heavy (non-hydrogen) atoms. The van der Waals surface area contributed by atoms with Gasteiger partial charge in [-0.25, -0.2) is 0 Å². The highest BCUT2D eigenvalue weighted by molar-refractivity contribution is 5.17. The third-order valence-corrected chi connectivity index (χ3v) is 1.83. The van der Waals surface area contributed by atoms with Gasteiger partial charge in [-0.1, -0.05) is 0 Å². The summed E-state index contributed by atoms with van der Waals surface area (Å²) in [5.74, 6) is 0.353. The molecule has 0 saturated carbocycles. The number of hydrogen-bond donors (Lipinski definition) is 1. The van der Waals surface area contributed by atoms with Crippen LogP contribution in [0, 0.1) is 17.0 Å². The zero-order valence-electron chi connectivity index (χ0n) is 7.47. The molecule has 0 aliphatic carbocycles. The van der Waals surface area contributed by atoms with E-state index in [0.717, 1.165) is 0 Å². The predicted molar refractivity (Wildman–Crippen MR) is 45.4 cm³/mol. The van der Waals surface area contributed by atoms with E-state index in [2.05, 4.69) is 4.98 Å². The second-order valence-corrected chi connectivity index (χ2v) is 2.84. The summed E-state index contributed by atoms with van der Waals surface area (Å²) in [6.45, 7) is 3.37. The first kappa shape index (κ1) is 9.66. The van der Waals surface area contributed by atoms with Crippen LogP contribution in [0.3, 0.4) is 0 Å². The molecule has 6 nitrogen and oxygen atoms in total. The minimum Gasteiger partial charge on any atom is -0.394 e. The number of aliphatic hydroxyl groups excluding tert-OH is 1. The second kappa shape index (κ2) is 3.53. The standard InChI is InChI=1S/C7H11N3O3/c1-5(4-11)9-3-7(10(12)13)8-6(9)2/h3,5,11H,4H2,1-2H3. The van der Waals surface area contributed by atoms with Crippen molar-refractivity contribution in [3.05, 3.63) is 22.1 Å². The Balaban J connectivity index is 3.02. The van der Waals surface area contributed by atoms with Crippen LogP contribution in [0.2, 0.25) is 0 Å². The zero-order valence-corrected chi connectivity index (χ0v) is 7.47. The number of rotatable bonds is 3. The van der Waals surface area contributed by atoms with E-state index < -0.39 is 4.92 Å². The first-order valence-corrected chi connectivity index (χ1v) is 3.87. The summed E-state index contributed by atoms with van der Waals surface area (Å²) in [6.07, 6.45) is 1.33. The van der Waals surface area contributed by atoms with Gasteiger partial charge in [-0.05, 0) is 16.8 Å². The fourth-order valence-corrected chi connectivity index (χ4v) is 1.09. The number of hydrogen-bond acceptors (Lipinski definition) is 4. The van der Waals surface area contributed by atoms with Crippen LogP contribution in [-0.2, 0) is 0 Å². The van der Waals surface area contributed by atoms with Crippen LogP contribution < -0.4 is 0 Å². The summed E-state index contributed by atoms with van der Waals surface area (Å²) in [6, 6.07) is -0.179. The number of nitro groups is 1. The Bertz CT molecular complexity index is 321. The van der Waals surface area contributed by atoms with E-state index in [1.807, 2.05) is 0 Å². The Hall–Kier alpha value is -1.43. The molecule has 0 fully saturated rings. The number of nitrogens with zero attached hydrogens (tertiary/aromatic N) is 3. The van der Waals surface area contributed by atoms with Crippen LogP contribution in [0.1, 0.15) is 18.8 Å². The smallest absolute Gasteiger partial charge is 0.381 e. The van der Waals surface area contributed by atoms with Crippen LogP contribution in [0.25, 0.3) is 0 Å². The molecule has 6 heteroatoms. The van der Waals surface area contributed by atoms with Gasteiger partial charge in [0.2, 0.25) is 5.82 Å². The van der Waals surface area contributed by atoms with E-state index in [-0.39, 0.29) is 18.5 Å². The summed E-state index contributed by atoms with van der Waals surface area (Å²) < 4.78 is 1.58. The van der Waals surface area contributed by atoms with Gasteiger partial charge in [0.05, 0.1) is 12.6 Å². The molecular formula is C7H11N3O3. The van der Waals surface area contributed by atoms with Crippen molar-refractivity contribution in [3.8, 4) is 0 Å². The average molecular weight is 185 g/mol. The molecule has 0 saturated heterocycles. The molecule has 0 radical (unpaired) electrons. The van der Waals surface area contributed by atoms with Gasteiger partial charge in [0.15, 0.2) is 0 Å². The first-order chi connectivity index (χ1) is 6.06. The molecule has 1 atom stereocenters. The average Bonchev–Trinajstić information content (AvgIpc) is 2.46. The molecule has 1 aromatic heterocycles. The number of aromatic nitrogens is 2. The summed E-state index contributed by atoms with van der Waals surface area (Å²) in [4.78, 5) is 13.5. The maximum Gasteiger partial charge on any atom is 0.381 e. The Morgan fingerprint density at radius 2 is 2.46 bits per heavy atom. The van der Waals surface area contributed by atoms with Crippen molar-refractivity contribution in [3.63, 3.8) is 0 Å². The third kappa shape index (κ3) is 1.83. The topological polar surface area (TPSA) is 81.2 Å². The minimum atomic E-state index is -0.548. The zero-order chi connectivity index (χ0) is 10.0. The van der Waals surface area contributed by atoms with Crippen molar-refractivity contribution in [1.82, 2.24) is 9.55 Å². The Labute approximate surface area is 75.0 Å². The Morgan fingerprint density at radius 1 is 1.85 bits per heavy atom. The summed E-state index contributed by atoms with van der Waals surface area (Å²) >= 11 is 0. The third-order valence-electron chi connectivity index (χ3n) is 1.83. The molecule has 0 aliphatic rings. The van der Waals surface area contributed by atoms with Crippen LogP contribution in [0.4, 0.5) is 5.82 Å². The van der Waals surface area contributed by atoms with Crippen LogP contribution in [-0.4, -0.2) is 26.2 Å². The summed E-state index contributed by atoms with van der Waals surface area (Å²) in [5.41, 5.74) is 0. The molecule has 0 amide bonds. The molecule has 1 N–H and O–H groups in total. The summed E-state index contributed by atoms with van der Waals surface area (Å²) in [5, 5.41) is 19.2. The van der Waals surface area contributed by atoms with Gasteiger partial charge < -0.3 is 19.8 Å². The molecule has 1 rings (SSSR count). The van der Waals surface area contributed by atoms with E-state index in [4.69, 9.17) is 5.11 Å². The van der Waals surface area contributed by atoms with Crippen molar-refractivity contribution in [2.24, 2.45) is 0 Å². The molecule has 0 aliphatic heterocycles. The fourth-order valence-electron chi connectivity index (χ4n) is 1.09. The van der Waals surface area contributed by atoms with E-state index in [0.29, 0.717) is 5.82 Å². The quantitative estimate of drug-likeness (QED) is 0.553. The van der Waals surface area contributed by atoms with E-state index in [9.17, 15) is 10.1 Å². The van der Waals surface area contributed by atoms with Crippen LogP contribution in [0.15, 0.2) is 6.20 Å². The number of imidazole rings is 1. The second-order valence-electron chi connectivity index (χ2n) is 2.84. The van der Waals surface area contributed by atoms with E-state index >= 15 is 0 Å². The molecule has 0 aromatic carbocycles. The van der Waals surface area contributed by atoms with Crippen molar-refractivity contribution in [2.75, 3.05) is 6.61 Å². The van der Waals surface area contributed by atoms with Gasteiger partial charge in [-0.2, -0.15) is 0 Å².